The Morgan fingerprint density at radius 1 is 1.24 bits per heavy atom. The van der Waals surface area contributed by atoms with E-state index in [9.17, 15) is 4.79 Å². The van der Waals surface area contributed by atoms with E-state index in [-0.39, 0.29) is 5.91 Å². The standard InChI is InChI=1S/C17H28N2O2/c1-4-11-21-16-7-5-15(6-8-16)13-18-10-9-17(20)19-12-14(2)3/h5-8,14,18H,4,9-13H2,1-3H3,(H,19,20). The molecule has 1 rings (SSSR count). The Labute approximate surface area is 128 Å². The third-order valence-electron chi connectivity index (χ3n) is 2.96. The first-order valence-electron chi connectivity index (χ1n) is 7.81. The molecule has 0 radical (unpaired) electrons. The second-order valence-electron chi connectivity index (χ2n) is 5.62. The zero-order chi connectivity index (χ0) is 15.5. The summed E-state index contributed by atoms with van der Waals surface area (Å²) in [6.07, 6.45) is 1.53. The number of carbonyl (C=O) groups is 1. The van der Waals surface area contributed by atoms with E-state index in [2.05, 4.69) is 43.5 Å². The van der Waals surface area contributed by atoms with Crippen molar-refractivity contribution in [2.75, 3.05) is 19.7 Å². The highest BCUT2D eigenvalue weighted by atomic mass is 16.5. The van der Waals surface area contributed by atoms with Gasteiger partial charge in [0, 0.05) is 26.1 Å². The second kappa shape index (κ2) is 10.2. The van der Waals surface area contributed by atoms with Gasteiger partial charge < -0.3 is 15.4 Å². The van der Waals surface area contributed by atoms with Gasteiger partial charge >= 0.3 is 0 Å². The van der Waals surface area contributed by atoms with Crippen molar-refractivity contribution < 1.29 is 9.53 Å². The summed E-state index contributed by atoms with van der Waals surface area (Å²) in [7, 11) is 0. The smallest absolute Gasteiger partial charge is 0.221 e. The van der Waals surface area contributed by atoms with Crippen molar-refractivity contribution in [3.63, 3.8) is 0 Å². The lowest BCUT2D eigenvalue weighted by Crippen LogP contribution is -2.30. The van der Waals surface area contributed by atoms with Crippen molar-refractivity contribution in [3.8, 4) is 5.75 Å². The molecule has 0 aromatic heterocycles. The Kier molecular flexibility index (Phi) is 8.51. The Morgan fingerprint density at radius 2 is 1.95 bits per heavy atom. The molecular weight excluding hydrogens is 264 g/mol. The van der Waals surface area contributed by atoms with Crippen LogP contribution in [0.25, 0.3) is 0 Å². The van der Waals surface area contributed by atoms with Crippen LogP contribution in [0, 0.1) is 5.92 Å². The fraction of sp³-hybridized carbons (Fsp3) is 0.588. The monoisotopic (exact) mass is 292 g/mol. The summed E-state index contributed by atoms with van der Waals surface area (Å²) in [5.74, 6) is 1.52. The Balaban J connectivity index is 2.16. The Bertz CT molecular complexity index is 402. The average molecular weight is 292 g/mol. The van der Waals surface area contributed by atoms with Gasteiger partial charge in [0.15, 0.2) is 0 Å². The average Bonchev–Trinajstić information content (AvgIpc) is 2.48. The summed E-state index contributed by atoms with van der Waals surface area (Å²) in [5.41, 5.74) is 1.20. The number of carbonyl (C=O) groups excluding carboxylic acids is 1. The highest BCUT2D eigenvalue weighted by Crippen LogP contribution is 2.12. The summed E-state index contributed by atoms with van der Waals surface area (Å²) < 4.78 is 5.54. The SMILES string of the molecule is CCCOc1ccc(CNCCC(=O)NCC(C)C)cc1. The normalized spacial score (nSPS) is 10.7. The number of nitrogens with one attached hydrogen (secondary N) is 2. The molecule has 1 aromatic rings. The van der Waals surface area contributed by atoms with E-state index < -0.39 is 0 Å². The molecule has 0 saturated heterocycles. The maximum atomic E-state index is 11.5. The predicted molar refractivity (Wildman–Crippen MR) is 86.4 cm³/mol. The maximum absolute atomic E-state index is 11.5. The van der Waals surface area contributed by atoms with Crippen LogP contribution < -0.4 is 15.4 Å². The third kappa shape index (κ3) is 8.35. The number of ether oxygens (including phenoxy) is 1. The van der Waals surface area contributed by atoms with E-state index in [4.69, 9.17) is 4.74 Å². The fourth-order valence-corrected chi connectivity index (χ4v) is 1.76. The molecule has 0 saturated carbocycles. The number of hydrogen-bond acceptors (Lipinski definition) is 3. The molecular formula is C17H28N2O2. The molecule has 0 heterocycles. The lowest BCUT2D eigenvalue weighted by atomic mass is 10.2. The van der Waals surface area contributed by atoms with Crippen LogP contribution in [0.5, 0.6) is 5.75 Å². The number of amides is 1. The molecule has 1 aromatic carbocycles. The summed E-state index contributed by atoms with van der Waals surface area (Å²) in [4.78, 5) is 11.5. The van der Waals surface area contributed by atoms with Crippen LogP contribution in [-0.4, -0.2) is 25.6 Å². The summed E-state index contributed by atoms with van der Waals surface area (Å²) >= 11 is 0. The zero-order valence-electron chi connectivity index (χ0n) is 13.4. The molecule has 118 valence electrons. The number of rotatable bonds is 10. The predicted octanol–water partition coefficient (Wildman–Crippen LogP) is 2.73. The van der Waals surface area contributed by atoms with Crippen LogP contribution in [0.2, 0.25) is 0 Å². The molecule has 21 heavy (non-hydrogen) atoms. The lowest BCUT2D eigenvalue weighted by molar-refractivity contribution is -0.121. The minimum absolute atomic E-state index is 0.111. The van der Waals surface area contributed by atoms with Gasteiger partial charge in [-0.2, -0.15) is 0 Å². The van der Waals surface area contributed by atoms with E-state index in [1.165, 1.54) is 5.56 Å². The van der Waals surface area contributed by atoms with Crippen molar-refractivity contribution in [2.45, 2.75) is 40.2 Å². The molecule has 0 bridgehead atoms. The number of hydrogen-bond donors (Lipinski definition) is 2. The minimum Gasteiger partial charge on any atom is -0.494 e. The Hall–Kier alpha value is -1.55. The first-order chi connectivity index (χ1) is 10.1. The summed E-state index contributed by atoms with van der Waals surface area (Å²) in [5, 5.41) is 6.19. The van der Waals surface area contributed by atoms with Gasteiger partial charge in [-0.25, -0.2) is 0 Å². The van der Waals surface area contributed by atoms with Gasteiger partial charge in [0.25, 0.3) is 0 Å². The number of benzene rings is 1. The fourth-order valence-electron chi connectivity index (χ4n) is 1.76. The molecule has 0 spiro atoms. The van der Waals surface area contributed by atoms with Crippen LogP contribution in [0.15, 0.2) is 24.3 Å². The quantitative estimate of drug-likeness (QED) is 0.652. The van der Waals surface area contributed by atoms with Crippen LogP contribution in [0.1, 0.15) is 39.2 Å². The summed E-state index contributed by atoms with van der Waals surface area (Å²) in [6.45, 7) is 9.24. The van der Waals surface area contributed by atoms with Crippen LogP contribution in [0.4, 0.5) is 0 Å². The molecule has 2 N–H and O–H groups in total. The highest BCUT2D eigenvalue weighted by molar-refractivity contribution is 5.76. The third-order valence-corrected chi connectivity index (χ3v) is 2.96. The van der Waals surface area contributed by atoms with Gasteiger partial charge in [-0.05, 0) is 30.0 Å². The Morgan fingerprint density at radius 3 is 2.57 bits per heavy atom. The molecule has 0 atom stereocenters. The van der Waals surface area contributed by atoms with Gasteiger partial charge in [-0.1, -0.05) is 32.9 Å². The first kappa shape index (κ1) is 17.5. The largest absolute Gasteiger partial charge is 0.494 e. The van der Waals surface area contributed by atoms with Crippen LogP contribution in [0.3, 0.4) is 0 Å². The van der Waals surface area contributed by atoms with Gasteiger partial charge in [0.1, 0.15) is 5.75 Å². The second-order valence-corrected chi connectivity index (χ2v) is 5.62. The minimum atomic E-state index is 0.111. The molecule has 0 aliphatic heterocycles. The van der Waals surface area contributed by atoms with Crippen LogP contribution >= 0.6 is 0 Å². The van der Waals surface area contributed by atoms with Gasteiger partial charge in [-0.3, -0.25) is 4.79 Å². The molecule has 4 nitrogen and oxygen atoms in total. The summed E-state index contributed by atoms with van der Waals surface area (Å²) in [6, 6.07) is 8.08. The van der Waals surface area contributed by atoms with Crippen molar-refractivity contribution in [1.82, 2.24) is 10.6 Å². The van der Waals surface area contributed by atoms with Crippen molar-refractivity contribution in [2.24, 2.45) is 5.92 Å². The first-order valence-corrected chi connectivity index (χ1v) is 7.81. The van der Waals surface area contributed by atoms with Gasteiger partial charge in [0.05, 0.1) is 6.61 Å². The zero-order valence-corrected chi connectivity index (χ0v) is 13.4. The maximum Gasteiger partial charge on any atom is 0.221 e. The highest BCUT2D eigenvalue weighted by Gasteiger charge is 2.02. The van der Waals surface area contributed by atoms with Crippen molar-refractivity contribution in [3.05, 3.63) is 29.8 Å². The molecule has 1 amide bonds. The molecule has 0 fully saturated rings. The molecule has 0 aliphatic rings. The van der Waals surface area contributed by atoms with Crippen molar-refractivity contribution >= 4 is 5.91 Å². The van der Waals surface area contributed by atoms with E-state index >= 15 is 0 Å². The van der Waals surface area contributed by atoms with E-state index in [1.54, 1.807) is 0 Å². The van der Waals surface area contributed by atoms with Crippen molar-refractivity contribution in [1.29, 1.82) is 0 Å². The molecule has 4 heteroatoms. The van der Waals surface area contributed by atoms with E-state index in [1.807, 2.05) is 12.1 Å². The van der Waals surface area contributed by atoms with Gasteiger partial charge in [0.2, 0.25) is 5.91 Å². The van der Waals surface area contributed by atoms with E-state index in [0.717, 1.165) is 31.9 Å². The molecule has 0 unspecified atom stereocenters. The van der Waals surface area contributed by atoms with Crippen LogP contribution in [-0.2, 0) is 11.3 Å². The molecule has 0 aliphatic carbocycles. The van der Waals surface area contributed by atoms with Gasteiger partial charge in [-0.15, -0.1) is 0 Å². The lowest BCUT2D eigenvalue weighted by Gasteiger charge is -2.09. The van der Waals surface area contributed by atoms with E-state index in [0.29, 0.717) is 18.9 Å². The topological polar surface area (TPSA) is 50.4 Å².